The number of aromatic nitrogens is 2. The fourth-order valence-corrected chi connectivity index (χ4v) is 3.34. The van der Waals surface area contributed by atoms with E-state index in [9.17, 15) is 4.39 Å². The van der Waals surface area contributed by atoms with Gasteiger partial charge in [0.05, 0.1) is 22.8 Å². The van der Waals surface area contributed by atoms with Crippen molar-refractivity contribution in [3.63, 3.8) is 0 Å². The van der Waals surface area contributed by atoms with E-state index in [1.807, 2.05) is 13.0 Å². The lowest BCUT2D eigenvalue weighted by Gasteiger charge is -2.13. The fourth-order valence-electron chi connectivity index (χ4n) is 3.10. The molecule has 8 heteroatoms. The summed E-state index contributed by atoms with van der Waals surface area (Å²) in [5.74, 6) is 1.36. The Balaban J connectivity index is 1.54. The summed E-state index contributed by atoms with van der Waals surface area (Å²) in [6, 6.07) is 15.1. The number of rotatable bonds is 7. The van der Waals surface area contributed by atoms with Crippen LogP contribution in [0.25, 0.3) is 10.9 Å². The van der Waals surface area contributed by atoms with Gasteiger partial charge in [-0.15, -0.1) is 0 Å². The van der Waals surface area contributed by atoms with Gasteiger partial charge in [0.1, 0.15) is 36.1 Å². The Morgan fingerprint density at radius 1 is 1.03 bits per heavy atom. The quantitative estimate of drug-likeness (QED) is 0.359. The Hall–Kier alpha value is -3.58. The number of hydrogen-bond acceptors (Lipinski definition) is 6. The van der Waals surface area contributed by atoms with Crippen LogP contribution in [0.4, 0.5) is 21.6 Å². The zero-order chi connectivity index (χ0) is 21.8. The summed E-state index contributed by atoms with van der Waals surface area (Å²) in [5.41, 5.74) is 8.75. The number of nitrogens with two attached hydrogens (primary N) is 1. The zero-order valence-electron chi connectivity index (χ0n) is 16.7. The van der Waals surface area contributed by atoms with Crippen LogP contribution in [0.2, 0.25) is 5.02 Å². The number of hydrogen-bond donors (Lipinski definition) is 2. The summed E-state index contributed by atoms with van der Waals surface area (Å²) < 4.78 is 24.6. The number of nitrogens with one attached hydrogen (secondary N) is 1. The van der Waals surface area contributed by atoms with Gasteiger partial charge < -0.3 is 20.5 Å². The van der Waals surface area contributed by atoms with Crippen molar-refractivity contribution in [3.8, 4) is 11.5 Å². The fraction of sp³-hybridized carbons (Fsp3) is 0.130. The molecule has 0 unspecified atom stereocenters. The number of fused-ring (bicyclic) bond motifs is 1. The summed E-state index contributed by atoms with van der Waals surface area (Å²) in [7, 11) is 0. The molecule has 0 amide bonds. The molecule has 4 aromatic rings. The number of nitrogens with zero attached hydrogens (tertiary/aromatic N) is 2. The molecule has 0 aliphatic rings. The number of anilines is 3. The second-order valence-electron chi connectivity index (χ2n) is 6.75. The molecular weight excluding hydrogens is 419 g/mol. The SMILES string of the molecule is CCOc1cc2ncnc(Nc3ccc(OCc4cccc(F)c4)c(Cl)c3)c2cc1N. The molecule has 0 aliphatic heterocycles. The molecular formula is C23H20ClFN4O2. The van der Waals surface area contributed by atoms with Crippen LogP contribution < -0.4 is 20.5 Å². The Labute approximate surface area is 183 Å². The van der Waals surface area contributed by atoms with Crippen LogP contribution in [0.3, 0.4) is 0 Å². The van der Waals surface area contributed by atoms with Crippen LogP contribution in [0.5, 0.6) is 11.5 Å². The van der Waals surface area contributed by atoms with Crippen molar-refractivity contribution in [2.45, 2.75) is 13.5 Å². The first-order valence-electron chi connectivity index (χ1n) is 9.64. The highest BCUT2D eigenvalue weighted by atomic mass is 35.5. The Morgan fingerprint density at radius 2 is 1.90 bits per heavy atom. The van der Waals surface area contributed by atoms with Crippen molar-refractivity contribution in [2.75, 3.05) is 17.7 Å². The van der Waals surface area contributed by atoms with Crippen LogP contribution in [-0.2, 0) is 6.61 Å². The predicted octanol–water partition coefficient (Wildman–Crippen LogP) is 5.73. The highest BCUT2D eigenvalue weighted by Crippen LogP contribution is 2.33. The number of benzene rings is 3. The predicted molar refractivity (Wildman–Crippen MR) is 121 cm³/mol. The van der Waals surface area contributed by atoms with Crippen molar-refractivity contribution >= 4 is 39.7 Å². The van der Waals surface area contributed by atoms with Gasteiger partial charge in [0, 0.05) is 17.1 Å². The van der Waals surface area contributed by atoms with Crippen LogP contribution in [-0.4, -0.2) is 16.6 Å². The molecule has 3 N–H and O–H groups in total. The lowest BCUT2D eigenvalue weighted by atomic mass is 10.2. The van der Waals surface area contributed by atoms with Crippen LogP contribution >= 0.6 is 11.6 Å². The van der Waals surface area contributed by atoms with Gasteiger partial charge in [0.2, 0.25) is 0 Å². The largest absolute Gasteiger partial charge is 0.492 e. The first-order valence-corrected chi connectivity index (χ1v) is 10.0. The van der Waals surface area contributed by atoms with Gasteiger partial charge in [-0.25, -0.2) is 14.4 Å². The van der Waals surface area contributed by atoms with E-state index in [4.69, 9.17) is 26.8 Å². The first kappa shape index (κ1) is 20.7. The highest BCUT2D eigenvalue weighted by Gasteiger charge is 2.11. The molecule has 0 aliphatic carbocycles. The van der Waals surface area contributed by atoms with Crippen molar-refractivity contribution < 1.29 is 13.9 Å². The normalized spacial score (nSPS) is 10.8. The van der Waals surface area contributed by atoms with Crippen LogP contribution in [0.1, 0.15) is 12.5 Å². The van der Waals surface area contributed by atoms with E-state index in [1.54, 1.807) is 36.4 Å². The number of nitrogen functional groups attached to an aromatic ring is 1. The van der Waals surface area contributed by atoms with Gasteiger partial charge in [-0.05, 0) is 48.9 Å². The van der Waals surface area contributed by atoms with Crippen molar-refractivity contribution in [1.29, 1.82) is 0 Å². The van der Waals surface area contributed by atoms with E-state index < -0.39 is 0 Å². The third-order valence-electron chi connectivity index (χ3n) is 4.54. The molecule has 0 spiro atoms. The molecule has 0 radical (unpaired) electrons. The molecule has 4 rings (SSSR count). The second kappa shape index (κ2) is 9.06. The Morgan fingerprint density at radius 3 is 2.68 bits per heavy atom. The molecule has 1 aromatic heterocycles. The average molecular weight is 439 g/mol. The van der Waals surface area contributed by atoms with E-state index in [0.29, 0.717) is 40.2 Å². The summed E-state index contributed by atoms with van der Waals surface area (Å²) >= 11 is 6.38. The molecule has 0 saturated carbocycles. The minimum absolute atomic E-state index is 0.211. The first-order chi connectivity index (χ1) is 15.0. The van der Waals surface area contributed by atoms with E-state index in [2.05, 4.69) is 15.3 Å². The summed E-state index contributed by atoms with van der Waals surface area (Å²) in [4.78, 5) is 8.63. The second-order valence-corrected chi connectivity index (χ2v) is 7.16. The molecule has 0 atom stereocenters. The monoisotopic (exact) mass is 438 g/mol. The van der Waals surface area contributed by atoms with Crippen LogP contribution in [0.15, 0.2) is 60.9 Å². The van der Waals surface area contributed by atoms with Crippen molar-refractivity contribution in [2.24, 2.45) is 0 Å². The summed E-state index contributed by atoms with van der Waals surface area (Å²) in [6.45, 7) is 2.62. The molecule has 0 bridgehead atoms. The van der Waals surface area contributed by atoms with Gasteiger partial charge in [-0.2, -0.15) is 0 Å². The topological polar surface area (TPSA) is 82.3 Å². The number of halogens is 2. The minimum Gasteiger partial charge on any atom is -0.492 e. The Bertz CT molecular complexity index is 1240. The summed E-state index contributed by atoms with van der Waals surface area (Å²) in [6.07, 6.45) is 1.47. The van der Waals surface area contributed by atoms with Gasteiger partial charge in [-0.3, -0.25) is 0 Å². The number of ether oxygens (including phenoxy) is 2. The molecule has 3 aromatic carbocycles. The van der Waals surface area contributed by atoms with E-state index in [1.165, 1.54) is 18.5 Å². The molecule has 31 heavy (non-hydrogen) atoms. The summed E-state index contributed by atoms with van der Waals surface area (Å²) in [5, 5.41) is 4.41. The maximum absolute atomic E-state index is 13.3. The van der Waals surface area contributed by atoms with Gasteiger partial charge in [0.15, 0.2) is 0 Å². The maximum Gasteiger partial charge on any atom is 0.144 e. The van der Waals surface area contributed by atoms with E-state index in [-0.39, 0.29) is 12.4 Å². The Kier molecular flexibility index (Phi) is 6.04. The highest BCUT2D eigenvalue weighted by molar-refractivity contribution is 6.32. The van der Waals surface area contributed by atoms with Crippen molar-refractivity contribution in [3.05, 3.63) is 77.3 Å². The lowest BCUT2D eigenvalue weighted by Crippen LogP contribution is -2.01. The molecule has 1 heterocycles. The van der Waals surface area contributed by atoms with Crippen molar-refractivity contribution in [1.82, 2.24) is 9.97 Å². The third-order valence-corrected chi connectivity index (χ3v) is 4.84. The van der Waals surface area contributed by atoms with Gasteiger partial charge >= 0.3 is 0 Å². The third kappa shape index (κ3) is 4.78. The smallest absolute Gasteiger partial charge is 0.144 e. The van der Waals surface area contributed by atoms with Crippen LogP contribution in [0, 0.1) is 5.82 Å². The minimum atomic E-state index is -0.308. The molecule has 0 saturated heterocycles. The zero-order valence-corrected chi connectivity index (χ0v) is 17.5. The van der Waals surface area contributed by atoms with E-state index in [0.717, 1.165) is 16.6 Å². The van der Waals surface area contributed by atoms with Gasteiger partial charge in [0.25, 0.3) is 0 Å². The molecule has 6 nitrogen and oxygen atoms in total. The molecule has 0 fully saturated rings. The van der Waals surface area contributed by atoms with Gasteiger partial charge in [-0.1, -0.05) is 23.7 Å². The standard InChI is InChI=1S/C23H20ClFN4O2/c1-2-30-22-11-20-17(10-19(22)26)23(28-13-27-20)29-16-6-7-21(18(24)9-16)31-12-14-4-3-5-15(25)8-14/h3-11,13H,2,12,26H2,1H3,(H,27,28,29). The lowest BCUT2D eigenvalue weighted by molar-refractivity contribution is 0.306. The average Bonchev–Trinajstić information content (AvgIpc) is 2.74. The molecule has 158 valence electrons. The van der Waals surface area contributed by atoms with E-state index >= 15 is 0 Å². The maximum atomic E-state index is 13.3.